The van der Waals surface area contributed by atoms with Gasteiger partial charge >= 0.3 is 0 Å². The lowest BCUT2D eigenvalue weighted by Gasteiger charge is -2.29. The number of rotatable bonds is 5. The van der Waals surface area contributed by atoms with Gasteiger partial charge in [-0.05, 0) is 25.0 Å². The summed E-state index contributed by atoms with van der Waals surface area (Å²) in [5, 5.41) is 11.7. The lowest BCUT2D eigenvalue weighted by molar-refractivity contribution is -0.121. The largest absolute Gasteiger partial charge is 0.392 e. The molecule has 2 rings (SSSR count). The predicted molar refractivity (Wildman–Crippen MR) is 76.4 cm³/mol. The number of aryl methyl sites for hydroxylation is 1. The van der Waals surface area contributed by atoms with Crippen molar-refractivity contribution in [1.82, 2.24) is 5.32 Å². The summed E-state index contributed by atoms with van der Waals surface area (Å²) in [7, 11) is 0. The number of para-hydroxylation sites is 1. The van der Waals surface area contributed by atoms with E-state index in [0.29, 0.717) is 13.0 Å². The molecule has 1 heterocycles. The maximum Gasteiger partial charge on any atom is 0.227 e. The van der Waals surface area contributed by atoms with Gasteiger partial charge in [-0.15, -0.1) is 0 Å². The zero-order valence-corrected chi connectivity index (χ0v) is 11.6. The van der Waals surface area contributed by atoms with Crippen LogP contribution in [-0.2, 0) is 16.0 Å². The third-order valence-electron chi connectivity index (χ3n) is 3.35. The van der Waals surface area contributed by atoms with E-state index in [2.05, 4.69) is 5.32 Å². The van der Waals surface area contributed by atoms with Crippen molar-refractivity contribution < 1.29 is 14.7 Å². The molecule has 2 amide bonds. The highest BCUT2D eigenvalue weighted by molar-refractivity contribution is 5.96. The van der Waals surface area contributed by atoms with Crippen LogP contribution in [0.5, 0.6) is 0 Å². The molecule has 0 spiro atoms. The molecule has 0 fully saturated rings. The van der Waals surface area contributed by atoms with Gasteiger partial charge in [0.05, 0.1) is 6.10 Å². The molecule has 1 unspecified atom stereocenters. The van der Waals surface area contributed by atoms with E-state index in [0.717, 1.165) is 17.7 Å². The van der Waals surface area contributed by atoms with Crippen molar-refractivity contribution in [1.29, 1.82) is 0 Å². The minimum Gasteiger partial charge on any atom is -0.392 e. The molecule has 0 aliphatic carbocycles. The first kappa shape index (κ1) is 14.5. The van der Waals surface area contributed by atoms with Gasteiger partial charge in [-0.25, -0.2) is 0 Å². The quantitative estimate of drug-likeness (QED) is 0.838. The molecular formula is C15H20N2O3. The van der Waals surface area contributed by atoms with Crippen LogP contribution in [0.4, 0.5) is 5.69 Å². The van der Waals surface area contributed by atoms with Crippen molar-refractivity contribution in [3.05, 3.63) is 29.8 Å². The lowest BCUT2D eigenvalue weighted by Crippen LogP contribution is -2.39. The number of nitrogens with one attached hydrogen (secondary N) is 1. The molecule has 1 aromatic carbocycles. The Kier molecular flexibility index (Phi) is 4.74. The van der Waals surface area contributed by atoms with E-state index in [-0.39, 0.29) is 24.8 Å². The Morgan fingerprint density at radius 2 is 2.15 bits per heavy atom. The molecular weight excluding hydrogens is 256 g/mol. The van der Waals surface area contributed by atoms with Crippen LogP contribution in [0, 0.1) is 0 Å². The highest BCUT2D eigenvalue weighted by Crippen LogP contribution is 2.27. The maximum absolute atomic E-state index is 12.0. The molecule has 1 atom stereocenters. The van der Waals surface area contributed by atoms with Crippen LogP contribution in [0.2, 0.25) is 0 Å². The van der Waals surface area contributed by atoms with Crippen LogP contribution in [-0.4, -0.2) is 36.1 Å². The first-order valence-electron chi connectivity index (χ1n) is 6.91. The summed E-state index contributed by atoms with van der Waals surface area (Å²) in [6, 6.07) is 7.79. The second-order valence-corrected chi connectivity index (χ2v) is 5.08. The van der Waals surface area contributed by atoms with Gasteiger partial charge in [-0.3, -0.25) is 9.59 Å². The highest BCUT2D eigenvalue weighted by atomic mass is 16.3. The van der Waals surface area contributed by atoms with Gasteiger partial charge < -0.3 is 15.3 Å². The minimum atomic E-state index is -0.559. The summed E-state index contributed by atoms with van der Waals surface area (Å²) < 4.78 is 0. The van der Waals surface area contributed by atoms with Crippen molar-refractivity contribution >= 4 is 17.5 Å². The van der Waals surface area contributed by atoms with Crippen LogP contribution in [0.3, 0.4) is 0 Å². The number of aliphatic hydroxyl groups is 1. The van der Waals surface area contributed by atoms with Gasteiger partial charge in [-0.2, -0.15) is 0 Å². The summed E-state index contributed by atoms with van der Waals surface area (Å²) in [6.45, 7) is 2.23. The molecule has 20 heavy (non-hydrogen) atoms. The fourth-order valence-corrected chi connectivity index (χ4v) is 2.30. The average Bonchev–Trinajstić information content (AvgIpc) is 2.44. The Hall–Kier alpha value is -1.88. The van der Waals surface area contributed by atoms with Gasteiger partial charge in [0.15, 0.2) is 0 Å². The summed E-state index contributed by atoms with van der Waals surface area (Å²) in [5.74, 6) is -0.0891. The van der Waals surface area contributed by atoms with E-state index in [4.69, 9.17) is 5.11 Å². The number of anilines is 1. The van der Waals surface area contributed by atoms with Gasteiger partial charge in [0.1, 0.15) is 0 Å². The van der Waals surface area contributed by atoms with Gasteiger partial charge in [-0.1, -0.05) is 18.2 Å². The van der Waals surface area contributed by atoms with E-state index < -0.39 is 6.10 Å². The van der Waals surface area contributed by atoms with Crippen molar-refractivity contribution in [2.75, 3.05) is 18.0 Å². The predicted octanol–water partition coefficient (Wildman–Crippen LogP) is 0.853. The Bertz CT molecular complexity index is 500. The molecule has 0 saturated carbocycles. The Balaban J connectivity index is 1.95. The summed E-state index contributed by atoms with van der Waals surface area (Å²) in [6.07, 6.45) is 0.940. The topological polar surface area (TPSA) is 69.6 Å². The SMILES string of the molecule is CC(O)CNC(=O)CCN1C(=O)CCc2ccccc21. The second kappa shape index (κ2) is 6.52. The van der Waals surface area contributed by atoms with Gasteiger partial charge in [0.2, 0.25) is 11.8 Å². The Labute approximate surface area is 118 Å². The molecule has 5 nitrogen and oxygen atoms in total. The van der Waals surface area contributed by atoms with Gasteiger partial charge in [0, 0.05) is 31.6 Å². The summed E-state index contributed by atoms with van der Waals surface area (Å²) in [4.78, 5) is 25.3. The fraction of sp³-hybridized carbons (Fsp3) is 0.467. The van der Waals surface area contributed by atoms with Crippen molar-refractivity contribution in [2.45, 2.75) is 32.3 Å². The molecule has 0 saturated heterocycles. The van der Waals surface area contributed by atoms with Crippen LogP contribution in [0.1, 0.15) is 25.3 Å². The number of fused-ring (bicyclic) bond motifs is 1. The molecule has 0 radical (unpaired) electrons. The average molecular weight is 276 g/mol. The third-order valence-corrected chi connectivity index (χ3v) is 3.35. The van der Waals surface area contributed by atoms with E-state index in [9.17, 15) is 9.59 Å². The van der Waals surface area contributed by atoms with Crippen LogP contribution < -0.4 is 10.2 Å². The molecule has 1 aromatic rings. The van der Waals surface area contributed by atoms with E-state index >= 15 is 0 Å². The number of hydrogen-bond donors (Lipinski definition) is 2. The number of benzene rings is 1. The summed E-state index contributed by atoms with van der Waals surface area (Å²) >= 11 is 0. The summed E-state index contributed by atoms with van der Waals surface area (Å²) in [5.41, 5.74) is 2.06. The smallest absolute Gasteiger partial charge is 0.227 e. The number of hydrogen-bond acceptors (Lipinski definition) is 3. The first-order chi connectivity index (χ1) is 9.58. The molecule has 1 aliphatic rings. The minimum absolute atomic E-state index is 0.0621. The molecule has 5 heteroatoms. The Morgan fingerprint density at radius 1 is 1.40 bits per heavy atom. The normalized spacial score (nSPS) is 15.7. The second-order valence-electron chi connectivity index (χ2n) is 5.08. The van der Waals surface area contributed by atoms with Crippen LogP contribution in [0.15, 0.2) is 24.3 Å². The monoisotopic (exact) mass is 276 g/mol. The molecule has 108 valence electrons. The molecule has 0 bridgehead atoms. The lowest BCUT2D eigenvalue weighted by atomic mass is 10.0. The van der Waals surface area contributed by atoms with Crippen molar-refractivity contribution in [3.8, 4) is 0 Å². The zero-order chi connectivity index (χ0) is 14.5. The number of aliphatic hydroxyl groups excluding tert-OH is 1. The molecule has 1 aliphatic heterocycles. The van der Waals surface area contributed by atoms with Gasteiger partial charge in [0.25, 0.3) is 0 Å². The van der Waals surface area contributed by atoms with Crippen molar-refractivity contribution in [2.24, 2.45) is 0 Å². The van der Waals surface area contributed by atoms with Crippen LogP contribution >= 0.6 is 0 Å². The Morgan fingerprint density at radius 3 is 2.90 bits per heavy atom. The number of carbonyl (C=O) groups is 2. The third kappa shape index (κ3) is 3.57. The van der Waals surface area contributed by atoms with E-state index in [1.165, 1.54) is 0 Å². The van der Waals surface area contributed by atoms with Crippen molar-refractivity contribution in [3.63, 3.8) is 0 Å². The standard InChI is InChI=1S/C15H20N2O3/c1-11(18)10-16-14(19)8-9-17-13-5-3-2-4-12(13)6-7-15(17)20/h2-5,11,18H,6-10H2,1H3,(H,16,19). The number of nitrogens with zero attached hydrogens (tertiary/aromatic N) is 1. The number of carbonyl (C=O) groups excluding carboxylic acids is 2. The van der Waals surface area contributed by atoms with E-state index in [1.807, 2.05) is 24.3 Å². The fourth-order valence-electron chi connectivity index (χ4n) is 2.30. The van der Waals surface area contributed by atoms with Crippen LogP contribution in [0.25, 0.3) is 0 Å². The maximum atomic E-state index is 12.0. The van der Waals surface area contributed by atoms with E-state index in [1.54, 1.807) is 11.8 Å². The first-order valence-corrected chi connectivity index (χ1v) is 6.91. The zero-order valence-electron chi connectivity index (χ0n) is 11.6. The molecule has 2 N–H and O–H groups in total. The highest BCUT2D eigenvalue weighted by Gasteiger charge is 2.23. The number of amides is 2. The molecule has 0 aromatic heterocycles.